The van der Waals surface area contributed by atoms with Gasteiger partial charge in [0.2, 0.25) is 5.91 Å². The van der Waals surface area contributed by atoms with Crippen LogP contribution in [0.15, 0.2) is 12.1 Å². The zero-order valence-corrected chi connectivity index (χ0v) is 10.9. The van der Waals surface area contributed by atoms with Gasteiger partial charge in [-0.25, -0.2) is 0 Å². The van der Waals surface area contributed by atoms with Crippen LogP contribution in [0.5, 0.6) is 5.75 Å². The molecule has 1 aromatic rings. The summed E-state index contributed by atoms with van der Waals surface area (Å²) in [4.78, 5) is 11.9. The minimum absolute atomic E-state index is 0.0506. The van der Waals surface area contributed by atoms with Gasteiger partial charge in [0, 0.05) is 17.6 Å². The quantitative estimate of drug-likeness (QED) is 0.718. The van der Waals surface area contributed by atoms with Crippen LogP contribution in [0.4, 0.5) is 5.69 Å². The van der Waals surface area contributed by atoms with E-state index >= 15 is 0 Å². The monoisotopic (exact) mass is 248 g/mol. The summed E-state index contributed by atoms with van der Waals surface area (Å²) >= 11 is 0. The van der Waals surface area contributed by atoms with Gasteiger partial charge in [0.15, 0.2) is 0 Å². The lowest BCUT2D eigenvalue weighted by Gasteiger charge is -2.37. The van der Waals surface area contributed by atoms with E-state index in [0.29, 0.717) is 6.42 Å². The molecule has 2 rings (SSSR count). The summed E-state index contributed by atoms with van der Waals surface area (Å²) in [7, 11) is 0. The Bertz CT molecular complexity index is 479. The number of phenolic OH excluding ortho intramolecular Hbond substituents is 1. The molecule has 0 heterocycles. The molecular weight excluding hydrogens is 228 g/mol. The van der Waals surface area contributed by atoms with Gasteiger partial charge < -0.3 is 16.2 Å². The molecule has 0 saturated heterocycles. The van der Waals surface area contributed by atoms with Crippen LogP contribution >= 0.6 is 0 Å². The van der Waals surface area contributed by atoms with Gasteiger partial charge in [-0.15, -0.1) is 0 Å². The summed E-state index contributed by atoms with van der Waals surface area (Å²) in [6.45, 7) is 3.66. The van der Waals surface area contributed by atoms with E-state index < -0.39 is 0 Å². The van der Waals surface area contributed by atoms with Crippen molar-refractivity contribution in [2.24, 2.45) is 5.73 Å². The molecule has 0 atom stereocenters. The summed E-state index contributed by atoms with van der Waals surface area (Å²) in [6, 6.07) is 3.44. The van der Waals surface area contributed by atoms with Crippen molar-refractivity contribution in [3.05, 3.63) is 23.3 Å². The molecular formula is C14H20N2O2. The number of benzene rings is 1. The first-order valence-corrected chi connectivity index (χ1v) is 6.29. The maximum atomic E-state index is 11.9. The zero-order chi connectivity index (χ0) is 13.3. The van der Waals surface area contributed by atoms with Crippen LogP contribution in [0, 0.1) is 13.8 Å². The molecule has 1 saturated carbocycles. The highest BCUT2D eigenvalue weighted by Crippen LogP contribution is 2.32. The van der Waals surface area contributed by atoms with Crippen molar-refractivity contribution in [1.29, 1.82) is 0 Å². The Morgan fingerprint density at radius 2 is 2.06 bits per heavy atom. The fourth-order valence-electron chi connectivity index (χ4n) is 2.26. The Balaban J connectivity index is 2.05. The number of aryl methyl sites for hydroxylation is 2. The topological polar surface area (TPSA) is 75.4 Å². The second-order valence-electron chi connectivity index (χ2n) is 5.39. The Labute approximate surface area is 107 Å². The largest absolute Gasteiger partial charge is 0.508 e. The van der Waals surface area contributed by atoms with Crippen molar-refractivity contribution in [3.8, 4) is 5.75 Å². The number of nitrogens with one attached hydrogen (secondary N) is 1. The fourth-order valence-corrected chi connectivity index (χ4v) is 2.26. The van der Waals surface area contributed by atoms with Crippen LogP contribution in [-0.4, -0.2) is 16.6 Å². The number of hydrogen-bond acceptors (Lipinski definition) is 3. The molecule has 1 aliphatic carbocycles. The van der Waals surface area contributed by atoms with E-state index in [9.17, 15) is 9.90 Å². The molecule has 0 bridgehead atoms. The van der Waals surface area contributed by atoms with Crippen molar-refractivity contribution in [2.75, 3.05) is 5.32 Å². The number of nitrogens with two attached hydrogens (primary N) is 1. The van der Waals surface area contributed by atoms with Gasteiger partial charge in [0.05, 0.1) is 0 Å². The molecule has 1 amide bonds. The zero-order valence-electron chi connectivity index (χ0n) is 10.9. The molecule has 4 nitrogen and oxygen atoms in total. The lowest BCUT2D eigenvalue weighted by molar-refractivity contribution is -0.118. The predicted molar refractivity (Wildman–Crippen MR) is 71.6 cm³/mol. The number of rotatable bonds is 3. The minimum atomic E-state index is -0.302. The summed E-state index contributed by atoms with van der Waals surface area (Å²) in [5.41, 5.74) is 8.10. The smallest absolute Gasteiger partial charge is 0.226 e. The van der Waals surface area contributed by atoms with E-state index in [0.717, 1.165) is 36.1 Å². The normalized spacial score (nSPS) is 17.1. The standard InChI is InChI=1S/C14H20N2O2/c1-9-7-12(17)10(2)6-11(9)16-13(18)8-14(15)4-3-5-14/h6-7,17H,3-5,8,15H2,1-2H3,(H,16,18). The molecule has 4 N–H and O–H groups in total. The third-order valence-corrected chi connectivity index (χ3v) is 3.68. The fraction of sp³-hybridized carbons (Fsp3) is 0.500. The van der Waals surface area contributed by atoms with Crippen LogP contribution < -0.4 is 11.1 Å². The van der Waals surface area contributed by atoms with Crippen LogP contribution in [0.1, 0.15) is 36.8 Å². The van der Waals surface area contributed by atoms with Gasteiger partial charge in [0.25, 0.3) is 0 Å². The van der Waals surface area contributed by atoms with Gasteiger partial charge in [-0.05, 0) is 56.4 Å². The highest BCUT2D eigenvalue weighted by atomic mass is 16.3. The van der Waals surface area contributed by atoms with Gasteiger partial charge in [0.1, 0.15) is 5.75 Å². The van der Waals surface area contributed by atoms with Crippen molar-refractivity contribution in [3.63, 3.8) is 0 Å². The number of aromatic hydroxyl groups is 1. The van der Waals surface area contributed by atoms with Crippen LogP contribution in [0.3, 0.4) is 0 Å². The third kappa shape index (κ3) is 2.64. The van der Waals surface area contributed by atoms with Crippen molar-refractivity contribution in [1.82, 2.24) is 0 Å². The molecule has 1 fully saturated rings. The molecule has 0 spiro atoms. The van der Waals surface area contributed by atoms with Gasteiger partial charge in [-0.1, -0.05) is 0 Å². The summed E-state index contributed by atoms with van der Waals surface area (Å²) in [5.74, 6) is 0.199. The average Bonchev–Trinajstić information content (AvgIpc) is 2.23. The number of anilines is 1. The second-order valence-corrected chi connectivity index (χ2v) is 5.39. The number of amides is 1. The molecule has 1 aromatic carbocycles. The molecule has 4 heteroatoms. The lowest BCUT2D eigenvalue weighted by atomic mass is 9.75. The van der Waals surface area contributed by atoms with E-state index in [1.54, 1.807) is 19.1 Å². The van der Waals surface area contributed by atoms with Crippen molar-refractivity contribution < 1.29 is 9.90 Å². The first kappa shape index (κ1) is 12.9. The number of carbonyl (C=O) groups is 1. The second kappa shape index (κ2) is 4.61. The van der Waals surface area contributed by atoms with Gasteiger partial charge in [-0.2, -0.15) is 0 Å². The molecule has 98 valence electrons. The molecule has 1 aliphatic rings. The van der Waals surface area contributed by atoms with Gasteiger partial charge >= 0.3 is 0 Å². The van der Waals surface area contributed by atoms with Crippen molar-refractivity contribution in [2.45, 2.75) is 45.1 Å². The van der Waals surface area contributed by atoms with E-state index in [4.69, 9.17) is 5.73 Å². The SMILES string of the molecule is Cc1cc(NC(=O)CC2(N)CCC2)c(C)cc1O. The van der Waals surface area contributed by atoms with Crippen molar-refractivity contribution >= 4 is 11.6 Å². The Morgan fingerprint density at radius 3 is 2.61 bits per heavy atom. The van der Waals surface area contributed by atoms with E-state index in [1.807, 2.05) is 6.92 Å². The number of hydrogen-bond donors (Lipinski definition) is 3. The maximum absolute atomic E-state index is 11.9. The summed E-state index contributed by atoms with van der Waals surface area (Å²) in [6.07, 6.45) is 3.33. The van der Waals surface area contributed by atoms with Gasteiger partial charge in [-0.3, -0.25) is 4.79 Å². The number of phenols is 1. The van der Waals surface area contributed by atoms with Crippen LogP contribution in [0.25, 0.3) is 0 Å². The summed E-state index contributed by atoms with van der Waals surface area (Å²) in [5, 5.41) is 12.4. The van der Waals surface area contributed by atoms with E-state index in [1.165, 1.54) is 0 Å². The molecule has 0 aliphatic heterocycles. The lowest BCUT2D eigenvalue weighted by Crippen LogP contribution is -2.48. The Morgan fingerprint density at radius 1 is 1.39 bits per heavy atom. The first-order chi connectivity index (χ1) is 8.39. The highest BCUT2D eigenvalue weighted by molar-refractivity contribution is 5.92. The molecule has 0 radical (unpaired) electrons. The predicted octanol–water partition coefficient (Wildman–Crippen LogP) is 2.22. The van der Waals surface area contributed by atoms with E-state index in [2.05, 4.69) is 5.32 Å². The van der Waals surface area contributed by atoms with Crippen LogP contribution in [0.2, 0.25) is 0 Å². The highest BCUT2D eigenvalue weighted by Gasteiger charge is 2.34. The first-order valence-electron chi connectivity index (χ1n) is 6.29. The Kier molecular flexibility index (Phi) is 3.30. The maximum Gasteiger partial charge on any atom is 0.226 e. The molecule has 0 aromatic heterocycles. The average molecular weight is 248 g/mol. The number of carbonyl (C=O) groups excluding carboxylic acids is 1. The minimum Gasteiger partial charge on any atom is -0.508 e. The third-order valence-electron chi connectivity index (χ3n) is 3.68. The molecule has 0 unspecified atom stereocenters. The Hall–Kier alpha value is -1.55. The molecule has 18 heavy (non-hydrogen) atoms. The summed E-state index contributed by atoms with van der Waals surface area (Å²) < 4.78 is 0. The van der Waals surface area contributed by atoms with E-state index in [-0.39, 0.29) is 17.2 Å². The van der Waals surface area contributed by atoms with Crippen LogP contribution in [-0.2, 0) is 4.79 Å².